The summed E-state index contributed by atoms with van der Waals surface area (Å²) in [5, 5.41) is 0.533. The minimum Gasteiger partial charge on any atom is -0.353 e. The number of piperidine rings is 1. The highest BCUT2D eigenvalue weighted by atomic mass is 35.5. The number of rotatable bonds is 3. The molecule has 2 heterocycles. The van der Waals surface area contributed by atoms with Gasteiger partial charge >= 0.3 is 0 Å². The van der Waals surface area contributed by atoms with E-state index in [9.17, 15) is 0 Å². The number of hydrogen-bond donors (Lipinski definition) is 0. The maximum atomic E-state index is 5.99. The number of likely N-dealkylation sites (tertiary alicyclic amines) is 1. The van der Waals surface area contributed by atoms with E-state index in [1.807, 2.05) is 0 Å². The van der Waals surface area contributed by atoms with Crippen molar-refractivity contribution in [3.63, 3.8) is 0 Å². The van der Waals surface area contributed by atoms with Gasteiger partial charge in [0, 0.05) is 26.2 Å². The van der Waals surface area contributed by atoms with E-state index in [4.69, 9.17) is 11.6 Å². The summed E-state index contributed by atoms with van der Waals surface area (Å²) in [7, 11) is 2.06. The smallest absolute Gasteiger partial charge is 0.187 e. The third-order valence-electron chi connectivity index (χ3n) is 3.32. The molecule has 0 N–H and O–H groups in total. The summed E-state index contributed by atoms with van der Waals surface area (Å²) in [5.41, 5.74) is 0. The highest BCUT2D eigenvalue weighted by molar-refractivity contribution is 6.99. The lowest BCUT2D eigenvalue weighted by molar-refractivity contribution is 0.220. The SMILES string of the molecule is CCN1CCC(N(C)c2nsnc2Cl)CC1. The molecule has 90 valence electrons. The number of aromatic nitrogens is 2. The summed E-state index contributed by atoms with van der Waals surface area (Å²) in [6.07, 6.45) is 2.36. The molecule has 0 amide bonds. The molecule has 0 bridgehead atoms. The third-order valence-corrected chi connectivity index (χ3v) is 4.19. The molecule has 4 nitrogen and oxygen atoms in total. The summed E-state index contributed by atoms with van der Waals surface area (Å²) in [5.74, 6) is 0.835. The van der Waals surface area contributed by atoms with Crippen LogP contribution in [0.2, 0.25) is 5.15 Å². The number of hydrogen-bond acceptors (Lipinski definition) is 5. The maximum Gasteiger partial charge on any atom is 0.187 e. The quantitative estimate of drug-likeness (QED) is 0.833. The molecule has 1 aliphatic heterocycles. The van der Waals surface area contributed by atoms with E-state index in [1.54, 1.807) is 0 Å². The van der Waals surface area contributed by atoms with E-state index in [0.717, 1.165) is 12.4 Å². The van der Waals surface area contributed by atoms with E-state index in [1.165, 1.54) is 37.7 Å². The van der Waals surface area contributed by atoms with Crippen LogP contribution in [0.3, 0.4) is 0 Å². The second-order valence-electron chi connectivity index (χ2n) is 4.15. The van der Waals surface area contributed by atoms with Gasteiger partial charge in [-0.3, -0.25) is 0 Å². The molecule has 0 saturated carbocycles. The van der Waals surface area contributed by atoms with Crippen molar-refractivity contribution < 1.29 is 0 Å². The molecule has 0 radical (unpaired) electrons. The Morgan fingerprint density at radius 1 is 1.44 bits per heavy atom. The number of halogens is 1. The van der Waals surface area contributed by atoms with Crippen molar-refractivity contribution in [2.45, 2.75) is 25.8 Å². The molecule has 2 rings (SSSR count). The van der Waals surface area contributed by atoms with Crippen LogP contribution in [-0.2, 0) is 0 Å². The van der Waals surface area contributed by atoms with Gasteiger partial charge in [0.1, 0.15) is 0 Å². The molecular formula is C10H17ClN4S. The zero-order valence-electron chi connectivity index (χ0n) is 9.69. The van der Waals surface area contributed by atoms with Crippen molar-refractivity contribution in [3.05, 3.63) is 5.15 Å². The Morgan fingerprint density at radius 3 is 2.62 bits per heavy atom. The summed E-state index contributed by atoms with van der Waals surface area (Å²) >= 11 is 7.17. The molecule has 0 atom stereocenters. The minimum absolute atomic E-state index is 0.533. The zero-order chi connectivity index (χ0) is 11.5. The lowest BCUT2D eigenvalue weighted by Crippen LogP contribution is -2.43. The summed E-state index contributed by atoms with van der Waals surface area (Å²) in [6, 6.07) is 0.546. The van der Waals surface area contributed by atoms with E-state index in [-0.39, 0.29) is 0 Å². The average Bonchev–Trinajstić information content (AvgIpc) is 2.75. The number of nitrogens with zero attached hydrogens (tertiary/aromatic N) is 4. The second kappa shape index (κ2) is 5.29. The van der Waals surface area contributed by atoms with Gasteiger partial charge < -0.3 is 9.80 Å². The molecule has 16 heavy (non-hydrogen) atoms. The Hall–Kier alpha value is -0.390. The van der Waals surface area contributed by atoms with Gasteiger partial charge in [0.2, 0.25) is 0 Å². The maximum absolute atomic E-state index is 5.99. The lowest BCUT2D eigenvalue weighted by atomic mass is 10.0. The van der Waals surface area contributed by atoms with Gasteiger partial charge in [0.15, 0.2) is 11.0 Å². The van der Waals surface area contributed by atoms with Crippen LogP contribution >= 0.6 is 23.3 Å². The van der Waals surface area contributed by atoms with E-state index in [2.05, 4.69) is 32.5 Å². The molecule has 0 spiro atoms. The van der Waals surface area contributed by atoms with Gasteiger partial charge in [-0.15, -0.1) is 0 Å². The van der Waals surface area contributed by atoms with Gasteiger partial charge in [-0.1, -0.05) is 18.5 Å². The molecule has 1 aromatic heterocycles. The van der Waals surface area contributed by atoms with E-state index >= 15 is 0 Å². The highest BCUT2D eigenvalue weighted by Gasteiger charge is 2.24. The first-order valence-electron chi connectivity index (χ1n) is 5.65. The van der Waals surface area contributed by atoms with Crippen molar-refractivity contribution in [3.8, 4) is 0 Å². The predicted octanol–water partition coefficient (Wildman–Crippen LogP) is 2.11. The van der Waals surface area contributed by atoms with Gasteiger partial charge in [0.05, 0.1) is 11.7 Å². The second-order valence-corrected chi connectivity index (χ2v) is 5.04. The molecule has 1 saturated heterocycles. The zero-order valence-corrected chi connectivity index (χ0v) is 11.3. The fourth-order valence-corrected chi connectivity index (χ4v) is 2.98. The topological polar surface area (TPSA) is 32.3 Å². The summed E-state index contributed by atoms with van der Waals surface area (Å²) in [6.45, 7) is 5.70. The molecule has 0 aliphatic carbocycles. The van der Waals surface area contributed by atoms with Crippen LogP contribution in [0.15, 0.2) is 0 Å². The Balaban J connectivity index is 1.97. The van der Waals surface area contributed by atoms with Crippen molar-refractivity contribution in [1.29, 1.82) is 0 Å². The number of anilines is 1. The first-order chi connectivity index (χ1) is 7.72. The fraction of sp³-hybridized carbons (Fsp3) is 0.800. The minimum atomic E-state index is 0.533. The largest absolute Gasteiger partial charge is 0.353 e. The normalized spacial score (nSPS) is 18.9. The Morgan fingerprint density at radius 2 is 2.12 bits per heavy atom. The van der Waals surface area contributed by atoms with Crippen molar-refractivity contribution in [2.24, 2.45) is 0 Å². The highest BCUT2D eigenvalue weighted by Crippen LogP contribution is 2.26. The van der Waals surface area contributed by atoms with Gasteiger partial charge in [-0.05, 0) is 19.4 Å². The molecule has 1 aromatic rings. The van der Waals surface area contributed by atoms with Crippen LogP contribution in [0.4, 0.5) is 5.82 Å². The fourth-order valence-electron chi connectivity index (χ4n) is 2.18. The van der Waals surface area contributed by atoms with Gasteiger partial charge in [-0.25, -0.2) is 0 Å². The summed E-state index contributed by atoms with van der Waals surface area (Å²) < 4.78 is 8.25. The first kappa shape index (κ1) is 12.1. The van der Waals surface area contributed by atoms with Crippen LogP contribution in [0.5, 0.6) is 0 Å². The molecular weight excluding hydrogens is 244 g/mol. The van der Waals surface area contributed by atoms with Crippen molar-refractivity contribution in [1.82, 2.24) is 13.6 Å². The molecule has 0 aromatic carbocycles. The molecule has 1 aliphatic rings. The predicted molar refractivity (Wildman–Crippen MR) is 68.5 cm³/mol. The lowest BCUT2D eigenvalue weighted by Gasteiger charge is -2.36. The molecule has 1 fully saturated rings. The first-order valence-corrected chi connectivity index (χ1v) is 6.76. The monoisotopic (exact) mass is 260 g/mol. The van der Waals surface area contributed by atoms with Crippen LogP contribution < -0.4 is 4.90 Å². The Labute approximate surface area is 106 Å². The summed E-state index contributed by atoms with van der Waals surface area (Å²) in [4.78, 5) is 4.66. The van der Waals surface area contributed by atoms with Gasteiger partial charge in [0.25, 0.3) is 0 Å². The Kier molecular flexibility index (Phi) is 4.00. The van der Waals surface area contributed by atoms with E-state index in [0.29, 0.717) is 11.2 Å². The van der Waals surface area contributed by atoms with E-state index < -0.39 is 0 Å². The van der Waals surface area contributed by atoms with Crippen LogP contribution in [0.1, 0.15) is 19.8 Å². The third kappa shape index (κ3) is 2.47. The molecule has 6 heteroatoms. The average molecular weight is 261 g/mol. The van der Waals surface area contributed by atoms with Crippen LogP contribution in [-0.4, -0.2) is 46.4 Å². The van der Waals surface area contributed by atoms with Crippen LogP contribution in [0, 0.1) is 0 Å². The van der Waals surface area contributed by atoms with Gasteiger partial charge in [-0.2, -0.15) is 8.75 Å². The van der Waals surface area contributed by atoms with Crippen molar-refractivity contribution >= 4 is 29.1 Å². The van der Waals surface area contributed by atoms with Crippen molar-refractivity contribution in [2.75, 3.05) is 31.6 Å². The van der Waals surface area contributed by atoms with Crippen LogP contribution in [0.25, 0.3) is 0 Å². The Bertz CT molecular complexity index is 335. The standard InChI is InChI=1S/C10H17ClN4S/c1-3-15-6-4-8(5-7-15)14(2)10-9(11)12-16-13-10/h8H,3-7H2,1-2H3. The molecule has 0 unspecified atom stereocenters.